The van der Waals surface area contributed by atoms with Gasteiger partial charge in [-0.25, -0.2) is 0 Å². The third-order valence-electron chi connectivity index (χ3n) is 6.83. The maximum atomic E-state index is 13.4. The highest BCUT2D eigenvalue weighted by atomic mass is 16.5. The van der Waals surface area contributed by atoms with E-state index in [4.69, 9.17) is 9.47 Å². The molecule has 2 aromatic heterocycles. The molecule has 8 nitrogen and oxygen atoms in total. The Morgan fingerprint density at radius 1 is 1.22 bits per heavy atom. The molecule has 1 aromatic carbocycles. The summed E-state index contributed by atoms with van der Waals surface area (Å²) in [6, 6.07) is 9.96. The van der Waals surface area contributed by atoms with Gasteiger partial charge in [0, 0.05) is 38.2 Å². The maximum Gasteiger partial charge on any atom is 0.259 e. The second-order valence-corrected chi connectivity index (χ2v) is 8.80. The number of fused-ring (bicyclic) bond motifs is 4. The van der Waals surface area contributed by atoms with Gasteiger partial charge in [-0.05, 0) is 24.5 Å². The highest BCUT2D eigenvalue weighted by molar-refractivity contribution is 5.97. The number of likely N-dealkylation sites (tertiary alicyclic amines) is 1. The molecule has 0 saturated carbocycles. The minimum Gasteiger partial charge on any atom is -0.473 e. The number of aryl methyl sites for hydroxylation is 1. The summed E-state index contributed by atoms with van der Waals surface area (Å²) in [6.07, 6.45) is 4.09. The first-order valence-corrected chi connectivity index (χ1v) is 11.2. The van der Waals surface area contributed by atoms with Crippen LogP contribution in [0.2, 0.25) is 0 Å². The molecule has 8 heteroatoms. The molecule has 0 N–H and O–H groups in total. The Bertz CT molecular complexity index is 1260. The van der Waals surface area contributed by atoms with E-state index in [1.807, 2.05) is 19.1 Å². The topological polar surface area (TPSA) is 86.5 Å². The van der Waals surface area contributed by atoms with Gasteiger partial charge in [0.15, 0.2) is 5.65 Å². The number of rotatable bonds is 4. The summed E-state index contributed by atoms with van der Waals surface area (Å²) in [7, 11) is 0. The first-order chi connectivity index (χ1) is 15.6. The van der Waals surface area contributed by atoms with Gasteiger partial charge in [-0.2, -0.15) is 0 Å². The maximum absolute atomic E-state index is 13.4. The van der Waals surface area contributed by atoms with Gasteiger partial charge in [0.05, 0.1) is 24.1 Å². The minimum absolute atomic E-state index is 0.0440. The van der Waals surface area contributed by atoms with Gasteiger partial charge in [0.25, 0.3) is 5.91 Å². The van der Waals surface area contributed by atoms with Crippen molar-refractivity contribution in [3.63, 3.8) is 0 Å². The molecule has 1 amide bonds. The van der Waals surface area contributed by atoms with E-state index in [1.165, 1.54) is 11.1 Å². The normalized spacial score (nSPS) is 22.0. The highest BCUT2D eigenvalue weighted by Gasteiger charge is 2.42. The fraction of sp³-hybridized carbons (Fsp3) is 0.417. The fourth-order valence-electron chi connectivity index (χ4n) is 5.19. The monoisotopic (exact) mass is 432 g/mol. The average Bonchev–Trinajstić information content (AvgIpc) is 3.54. The van der Waals surface area contributed by atoms with Gasteiger partial charge in [0.1, 0.15) is 11.7 Å². The lowest BCUT2D eigenvalue weighted by Crippen LogP contribution is -2.43. The van der Waals surface area contributed by atoms with E-state index in [-0.39, 0.29) is 35.1 Å². The molecule has 3 aromatic rings. The van der Waals surface area contributed by atoms with Crippen LogP contribution in [0.25, 0.3) is 11.0 Å². The molecule has 0 radical (unpaired) electrons. The number of ether oxygens (including phenoxy) is 2. The molecule has 32 heavy (non-hydrogen) atoms. The molecule has 1 aliphatic carbocycles. The van der Waals surface area contributed by atoms with Crippen molar-refractivity contribution in [2.24, 2.45) is 0 Å². The molecule has 0 unspecified atom stereocenters. The first-order valence-electron chi connectivity index (χ1n) is 11.2. The Kier molecular flexibility index (Phi) is 4.50. The number of nitrogens with zero attached hydrogens (tertiary/aromatic N) is 4. The molecule has 2 aliphatic heterocycles. The Hall–Kier alpha value is -3.26. The van der Waals surface area contributed by atoms with E-state index in [1.54, 1.807) is 21.7 Å². The van der Waals surface area contributed by atoms with Crippen LogP contribution in [-0.4, -0.2) is 57.0 Å². The van der Waals surface area contributed by atoms with Crippen LogP contribution in [0, 0.1) is 0 Å². The van der Waals surface area contributed by atoms with Crippen molar-refractivity contribution < 1.29 is 14.3 Å². The van der Waals surface area contributed by atoms with Crippen LogP contribution < -0.4 is 10.2 Å². The summed E-state index contributed by atoms with van der Waals surface area (Å²) in [4.78, 5) is 28.4. The number of aromatic nitrogens is 3. The van der Waals surface area contributed by atoms with Crippen molar-refractivity contribution >= 4 is 16.9 Å². The molecule has 0 spiro atoms. The van der Waals surface area contributed by atoms with Gasteiger partial charge in [-0.1, -0.05) is 24.3 Å². The van der Waals surface area contributed by atoms with Crippen LogP contribution >= 0.6 is 0 Å². The van der Waals surface area contributed by atoms with Crippen molar-refractivity contribution in [1.82, 2.24) is 19.7 Å². The Morgan fingerprint density at radius 2 is 2.00 bits per heavy atom. The number of hydrogen-bond acceptors (Lipinski definition) is 6. The van der Waals surface area contributed by atoms with Crippen LogP contribution in [0.1, 0.15) is 34.8 Å². The van der Waals surface area contributed by atoms with E-state index in [0.717, 1.165) is 19.3 Å². The van der Waals surface area contributed by atoms with Crippen molar-refractivity contribution in [1.29, 1.82) is 0 Å². The summed E-state index contributed by atoms with van der Waals surface area (Å²) < 4.78 is 13.5. The summed E-state index contributed by atoms with van der Waals surface area (Å²) in [5, 5.41) is 8.87. The van der Waals surface area contributed by atoms with Crippen molar-refractivity contribution in [3.8, 4) is 5.88 Å². The molecule has 2 atom stereocenters. The molecular weight excluding hydrogens is 408 g/mol. The zero-order chi connectivity index (χ0) is 21.8. The SMILES string of the molecule is CCn1cc(C(=O)N2C[C@H]3C[C@@H]2CO3)c(=O)c2cc(OC3Cc4ccccc4C3)nnc21. The number of benzene rings is 1. The van der Waals surface area contributed by atoms with Crippen molar-refractivity contribution in [2.75, 3.05) is 13.2 Å². The third-order valence-corrected chi connectivity index (χ3v) is 6.83. The van der Waals surface area contributed by atoms with E-state index in [0.29, 0.717) is 36.6 Å². The lowest BCUT2D eigenvalue weighted by Gasteiger charge is -2.27. The molecule has 164 valence electrons. The summed E-state index contributed by atoms with van der Waals surface area (Å²) in [5.41, 5.74) is 2.85. The van der Waals surface area contributed by atoms with Crippen LogP contribution in [0.15, 0.2) is 41.3 Å². The number of morpholine rings is 1. The molecule has 2 bridgehead atoms. The number of carbonyl (C=O) groups excluding carboxylic acids is 1. The predicted molar refractivity (Wildman–Crippen MR) is 117 cm³/mol. The molecule has 4 heterocycles. The molecular formula is C24H24N4O4. The lowest BCUT2D eigenvalue weighted by atomic mass is 10.1. The summed E-state index contributed by atoms with van der Waals surface area (Å²) >= 11 is 0. The first kappa shape index (κ1) is 19.4. The standard InChI is InChI=1S/C24H24N4O4/c1-2-27-12-20(24(30)28-11-18-9-16(28)13-31-18)22(29)19-10-21(25-26-23(19)27)32-17-7-14-5-3-4-6-15(14)8-17/h3-6,10,12,16-18H,2,7-9,11,13H2,1H3/t16-,18-/m1/s1. The summed E-state index contributed by atoms with van der Waals surface area (Å²) in [6.45, 7) is 3.60. The Labute approximate surface area is 184 Å². The fourth-order valence-corrected chi connectivity index (χ4v) is 5.19. The van der Waals surface area contributed by atoms with Gasteiger partial charge >= 0.3 is 0 Å². The molecule has 2 saturated heterocycles. The van der Waals surface area contributed by atoms with E-state index < -0.39 is 0 Å². The predicted octanol–water partition coefficient (Wildman–Crippen LogP) is 1.97. The molecule has 2 fully saturated rings. The van der Waals surface area contributed by atoms with Crippen molar-refractivity contribution in [2.45, 2.75) is 51.0 Å². The third kappa shape index (κ3) is 3.09. The molecule has 6 rings (SSSR count). The minimum atomic E-state index is -0.326. The Balaban J connectivity index is 1.34. The average molecular weight is 432 g/mol. The van der Waals surface area contributed by atoms with Gasteiger partial charge in [-0.3, -0.25) is 9.59 Å². The largest absolute Gasteiger partial charge is 0.473 e. The van der Waals surface area contributed by atoms with E-state index in [2.05, 4.69) is 22.3 Å². The van der Waals surface area contributed by atoms with Crippen LogP contribution in [0.5, 0.6) is 5.88 Å². The number of carbonyl (C=O) groups is 1. The Morgan fingerprint density at radius 3 is 2.66 bits per heavy atom. The quantitative estimate of drug-likeness (QED) is 0.627. The second kappa shape index (κ2) is 7.41. The zero-order valence-corrected chi connectivity index (χ0v) is 17.9. The molecule has 3 aliphatic rings. The number of pyridine rings is 1. The highest BCUT2D eigenvalue weighted by Crippen LogP contribution is 2.29. The van der Waals surface area contributed by atoms with Crippen LogP contribution in [-0.2, 0) is 24.1 Å². The number of hydrogen-bond donors (Lipinski definition) is 0. The van der Waals surface area contributed by atoms with E-state index >= 15 is 0 Å². The van der Waals surface area contributed by atoms with Gasteiger partial charge in [-0.15, -0.1) is 10.2 Å². The van der Waals surface area contributed by atoms with Gasteiger partial charge < -0.3 is 18.9 Å². The van der Waals surface area contributed by atoms with Crippen LogP contribution in [0.3, 0.4) is 0 Å². The summed E-state index contributed by atoms with van der Waals surface area (Å²) in [5.74, 6) is 0.0775. The number of amides is 1. The van der Waals surface area contributed by atoms with Crippen LogP contribution in [0.4, 0.5) is 0 Å². The smallest absolute Gasteiger partial charge is 0.259 e. The zero-order valence-electron chi connectivity index (χ0n) is 17.9. The van der Waals surface area contributed by atoms with E-state index in [9.17, 15) is 9.59 Å². The lowest BCUT2D eigenvalue weighted by molar-refractivity contribution is 0.0258. The second-order valence-electron chi connectivity index (χ2n) is 8.80. The van der Waals surface area contributed by atoms with Gasteiger partial charge in [0.2, 0.25) is 11.3 Å². The van der Waals surface area contributed by atoms with Crippen molar-refractivity contribution in [3.05, 3.63) is 63.4 Å².